The standard InChI is InChI=1S/C16H15ClF4N2S.ClH/c17-14-4-3-13(24-14)15(23-7-5-22-6-8-23)10-1-2-12(18)11(9-10)16(19,20)21;/h1-4,9,15,22H,5-8H2;1H/t15-;/m1./s1. The van der Waals surface area contributed by atoms with E-state index in [0.29, 0.717) is 23.0 Å². The van der Waals surface area contributed by atoms with Gasteiger partial charge in [-0.05, 0) is 29.8 Å². The fourth-order valence-electron chi connectivity index (χ4n) is 2.90. The van der Waals surface area contributed by atoms with E-state index in [1.807, 2.05) is 6.07 Å². The van der Waals surface area contributed by atoms with Crippen molar-refractivity contribution in [1.82, 2.24) is 10.2 Å². The molecule has 1 saturated heterocycles. The van der Waals surface area contributed by atoms with Crippen LogP contribution in [0.15, 0.2) is 30.3 Å². The summed E-state index contributed by atoms with van der Waals surface area (Å²) >= 11 is 7.34. The molecule has 1 atom stereocenters. The molecule has 0 amide bonds. The third-order valence-corrected chi connectivity index (χ3v) is 5.28. The molecule has 0 bridgehead atoms. The predicted molar refractivity (Wildman–Crippen MR) is 94.3 cm³/mol. The summed E-state index contributed by atoms with van der Waals surface area (Å²) in [6.45, 7) is 2.89. The summed E-state index contributed by atoms with van der Waals surface area (Å²) in [5.74, 6) is -1.26. The lowest BCUT2D eigenvalue weighted by atomic mass is 9.99. The van der Waals surface area contributed by atoms with Crippen molar-refractivity contribution < 1.29 is 17.6 Å². The topological polar surface area (TPSA) is 15.3 Å². The summed E-state index contributed by atoms with van der Waals surface area (Å²) in [7, 11) is 0. The average molecular weight is 415 g/mol. The van der Waals surface area contributed by atoms with Gasteiger partial charge < -0.3 is 5.32 Å². The van der Waals surface area contributed by atoms with Crippen LogP contribution in [-0.2, 0) is 6.18 Å². The van der Waals surface area contributed by atoms with Crippen molar-refractivity contribution in [3.8, 4) is 0 Å². The summed E-state index contributed by atoms with van der Waals surface area (Å²) in [6, 6.07) is 6.40. The lowest BCUT2D eigenvalue weighted by Crippen LogP contribution is -2.45. The number of hydrogen-bond acceptors (Lipinski definition) is 3. The zero-order valence-corrected chi connectivity index (χ0v) is 15.3. The van der Waals surface area contributed by atoms with E-state index >= 15 is 0 Å². The predicted octanol–water partition coefficient (Wildman–Crippen LogP) is 4.98. The number of nitrogens with one attached hydrogen (secondary N) is 1. The Morgan fingerprint density at radius 2 is 1.80 bits per heavy atom. The molecule has 2 aromatic rings. The first kappa shape index (κ1) is 20.5. The molecule has 138 valence electrons. The van der Waals surface area contributed by atoms with Crippen molar-refractivity contribution in [3.05, 3.63) is 56.5 Å². The maximum Gasteiger partial charge on any atom is 0.419 e. The number of halogens is 6. The Bertz CT molecular complexity index is 714. The van der Waals surface area contributed by atoms with Crippen molar-refractivity contribution in [2.24, 2.45) is 0 Å². The minimum Gasteiger partial charge on any atom is -0.314 e. The minimum atomic E-state index is -4.72. The van der Waals surface area contributed by atoms with Crippen LogP contribution in [-0.4, -0.2) is 31.1 Å². The van der Waals surface area contributed by atoms with E-state index in [-0.39, 0.29) is 18.4 Å². The van der Waals surface area contributed by atoms with Gasteiger partial charge in [-0.1, -0.05) is 17.7 Å². The Kier molecular flexibility index (Phi) is 6.73. The third kappa shape index (κ3) is 4.65. The van der Waals surface area contributed by atoms with Crippen molar-refractivity contribution >= 4 is 35.3 Å². The Labute approximate surface area is 158 Å². The van der Waals surface area contributed by atoms with E-state index in [0.717, 1.165) is 30.1 Å². The number of rotatable bonds is 3. The molecule has 2 nitrogen and oxygen atoms in total. The minimum absolute atomic E-state index is 0. The molecule has 1 aromatic carbocycles. The van der Waals surface area contributed by atoms with Gasteiger partial charge in [0.2, 0.25) is 0 Å². The monoisotopic (exact) mass is 414 g/mol. The molecular formula is C16H16Cl2F4N2S. The van der Waals surface area contributed by atoms with Gasteiger partial charge in [0, 0.05) is 31.1 Å². The maximum absolute atomic E-state index is 13.6. The van der Waals surface area contributed by atoms with E-state index in [9.17, 15) is 17.6 Å². The maximum atomic E-state index is 13.6. The van der Waals surface area contributed by atoms with Crippen molar-refractivity contribution in [2.45, 2.75) is 12.2 Å². The Morgan fingerprint density at radius 3 is 2.36 bits per heavy atom. The highest BCUT2D eigenvalue weighted by molar-refractivity contribution is 7.16. The van der Waals surface area contributed by atoms with E-state index in [1.54, 1.807) is 6.07 Å². The van der Waals surface area contributed by atoms with Crippen LogP contribution in [0.3, 0.4) is 0 Å². The second-order valence-corrected chi connectivity index (χ2v) is 7.31. The molecule has 0 radical (unpaired) electrons. The molecule has 2 heterocycles. The number of thiophene rings is 1. The molecule has 1 N–H and O–H groups in total. The van der Waals surface area contributed by atoms with E-state index in [2.05, 4.69) is 10.2 Å². The second-order valence-electron chi connectivity index (χ2n) is 5.57. The highest BCUT2D eigenvalue weighted by atomic mass is 35.5. The summed E-state index contributed by atoms with van der Waals surface area (Å²) in [5, 5.41) is 3.22. The largest absolute Gasteiger partial charge is 0.419 e. The number of nitrogens with zero attached hydrogens (tertiary/aromatic N) is 1. The first-order chi connectivity index (χ1) is 11.4. The quantitative estimate of drug-likeness (QED) is 0.712. The second kappa shape index (κ2) is 8.22. The van der Waals surface area contributed by atoms with Crippen LogP contribution >= 0.6 is 35.3 Å². The lowest BCUT2D eigenvalue weighted by molar-refractivity contribution is -0.140. The number of hydrogen-bond donors (Lipinski definition) is 1. The Morgan fingerprint density at radius 1 is 1.12 bits per heavy atom. The summed E-state index contributed by atoms with van der Waals surface area (Å²) in [6.07, 6.45) is -4.72. The van der Waals surface area contributed by atoms with Gasteiger partial charge in [0.05, 0.1) is 15.9 Å². The van der Waals surface area contributed by atoms with Gasteiger partial charge in [0.1, 0.15) is 5.82 Å². The van der Waals surface area contributed by atoms with Crippen LogP contribution in [0.4, 0.5) is 17.6 Å². The van der Waals surface area contributed by atoms with Crippen LogP contribution in [0, 0.1) is 5.82 Å². The van der Waals surface area contributed by atoms with Gasteiger partial charge in [-0.25, -0.2) is 4.39 Å². The molecule has 1 aromatic heterocycles. The van der Waals surface area contributed by atoms with Crippen molar-refractivity contribution in [2.75, 3.05) is 26.2 Å². The third-order valence-electron chi connectivity index (χ3n) is 3.99. The zero-order valence-electron chi connectivity index (χ0n) is 12.9. The molecule has 0 aliphatic carbocycles. The Hall–Kier alpha value is -0.860. The normalized spacial score (nSPS) is 17.2. The van der Waals surface area contributed by atoms with E-state index in [1.165, 1.54) is 17.4 Å². The molecule has 1 aliphatic rings. The average Bonchev–Trinajstić information content (AvgIpc) is 2.95. The smallest absolute Gasteiger partial charge is 0.314 e. The summed E-state index contributed by atoms with van der Waals surface area (Å²) in [4.78, 5) is 2.94. The summed E-state index contributed by atoms with van der Waals surface area (Å²) in [5.41, 5.74) is -0.813. The molecule has 0 saturated carbocycles. The van der Waals surface area contributed by atoms with Crippen LogP contribution in [0.25, 0.3) is 0 Å². The van der Waals surface area contributed by atoms with Gasteiger partial charge in [-0.2, -0.15) is 13.2 Å². The van der Waals surface area contributed by atoms with Gasteiger partial charge >= 0.3 is 6.18 Å². The molecule has 1 aliphatic heterocycles. The van der Waals surface area contributed by atoms with Crippen LogP contribution < -0.4 is 5.32 Å². The molecule has 25 heavy (non-hydrogen) atoms. The SMILES string of the molecule is Cl.Fc1ccc([C@H](c2ccc(Cl)s2)N2CCNCC2)cc1C(F)(F)F. The molecule has 0 unspecified atom stereocenters. The lowest BCUT2D eigenvalue weighted by Gasteiger charge is -2.35. The van der Waals surface area contributed by atoms with Gasteiger partial charge in [0.25, 0.3) is 0 Å². The van der Waals surface area contributed by atoms with E-state index in [4.69, 9.17) is 11.6 Å². The molecular weight excluding hydrogens is 399 g/mol. The molecule has 3 rings (SSSR count). The van der Waals surface area contributed by atoms with Crippen LogP contribution in [0.5, 0.6) is 0 Å². The molecule has 1 fully saturated rings. The fourth-order valence-corrected chi connectivity index (χ4v) is 4.13. The number of alkyl halides is 3. The molecule has 9 heteroatoms. The number of piperazine rings is 1. The van der Waals surface area contributed by atoms with E-state index < -0.39 is 17.6 Å². The van der Waals surface area contributed by atoms with Crippen LogP contribution in [0.2, 0.25) is 4.34 Å². The number of benzene rings is 1. The summed E-state index contributed by atoms with van der Waals surface area (Å²) < 4.78 is 53.4. The van der Waals surface area contributed by atoms with Gasteiger partial charge in [-0.3, -0.25) is 4.90 Å². The van der Waals surface area contributed by atoms with Crippen molar-refractivity contribution in [1.29, 1.82) is 0 Å². The van der Waals surface area contributed by atoms with Gasteiger partial charge in [-0.15, -0.1) is 23.7 Å². The fraction of sp³-hybridized carbons (Fsp3) is 0.375. The van der Waals surface area contributed by atoms with Crippen molar-refractivity contribution in [3.63, 3.8) is 0 Å². The zero-order chi connectivity index (χ0) is 17.3. The highest BCUT2D eigenvalue weighted by Crippen LogP contribution is 2.38. The first-order valence-electron chi connectivity index (χ1n) is 7.43. The first-order valence-corrected chi connectivity index (χ1v) is 8.62. The molecule has 0 spiro atoms. The van der Waals surface area contributed by atoms with Gasteiger partial charge in [0.15, 0.2) is 0 Å². The Balaban J connectivity index is 0.00000225. The van der Waals surface area contributed by atoms with Crippen LogP contribution in [0.1, 0.15) is 22.0 Å². The highest BCUT2D eigenvalue weighted by Gasteiger charge is 2.35.